The molecule has 1 aromatic carbocycles. The molecular weight excluding hydrogens is 371 g/mol. The van der Waals surface area contributed by atoms with Crippen molar-refractivity contribution in [2.45, 2.75) is 31.0 Å². The standard InChI is InChI=1S/C16H16F3N3O3S/c1-26(23,24)15-20-8-12-10-22(7-6-13(12)21-15)9-11-4-2-3-5-14(11)25-16(17,18)19/h2-5,8H,6-7,9-10H2,1H3. The first-order chi connectivity index (χ1) is 12.1. The molecule has 3 rings (SSSR count). The first kappa shape index (κ1) is 18.6. The van der Waals surface area contributed by atoms with E-state index in [0.29, 0.717) is 30.8 Å². The Bertz CT molecular complexity index is 916. The quantitative estimate of drug-likeness (QED) is 0.750. The van der Waals surface area contributed by atoms with Gasteiger partial charge in [-0.1, -0.05) is 18.2 Å². The normalized spacial score (nSPS) is 15.5. The van der Waals surface area contributed by atoms with Crippen LogP contribution in [0.2, 0.25) is 0 Å². The number of aromatic nitrogens is 2. The molecule has 1 aliphatic rings. The predicted octanol–water partition coefficient (Wildman–Crippen LogP) is 2.34. The summed E-state index contributed by atoms with van der Waals surface area (Å²) in [6.45, 7) is 1.22. The van der Waals surface area contributed by atoms with Crippen molar-refractivity contribution in [1.29, 1.82) is 0 Å². The maximum absolute atomic E-state index is 12.5. The van der Waals surface area contributed by atoms with Crippen LogP contribution in [0.15, 0.2) is 35.6 Å². The summed E-state index contributed by atoms with van der Waals surface area (Å²) < 4.78 is 64.7. The first-order valence-corrected chi connectivity index (χ1v) is 9.62. The molecule has 0 radical (unpaired) electrons. The predicted molar refractivity (Wildman–Crippen MR) is 86.1 cm³/mol. The molecule has 0 spiro atoms. The highest BCUT2D eigenvalue weighted by Gasteiger charge is 2.32. The van der Waals surface area contributed by atoms with E-state index in [0.717, 1.165) is 11.8 Å². The summed E-state index contributed by atoms with van der Waals surface area (Å²) in [5.74, 6) is -0.227. The summed E-state index contributed by atoms with van der Waals surface area (Å²) in [4.78, 5) is 9.90. The fourth-order valence-electron chi connectivity index (χ4n) is 2.77. The van der Waals surface area contributed by atoms with E-state index in [1.54, 1.807) is 12.1 Å². The Labute approximate surface area is 148 Å². The third-order valence-electron chi connectivity index (χ3n) is 3.91. The van der Waals surface area contributed by atoms with Gasteiger partial charge in [-0.15, -0.1) is 13.2 Å². The summed E-state index contributed by atoms with van der Waals surface area (Å²) in [6, 6.07) is 6.00. The van der Waals surface area contributed by atoms with Gasteiger partial charge < -0.3 is 4.74 Å². The Balaban J connectivity index is 1.77. The maximum Gasteiger partial charge on any atom is 0.573 e. The van der Waals surface area contributed by atoms with Gasteiger partial charge in [0.1, 0.15) is 5.75 Å². The van der Waals surface area contributed by atoms with Crippen molar-refractivity contribution in [2.24, 2.45) is 0 Å². The Morgan fingerprint density at radius 1 is 1.27 bits per heavy atom. The Morgan fingerprint density at radius 3 is 2.69 bits per heavy atom. The molecule has 0 saturated heterocycles. The van der Waals surface area contributed by atoms with Crippen molar-refractivity contribution in [3.8, 4) is 5.75 Å². The summed E-state index contributed by atoms with van der Waals surface area (Å²) in [5.41, 5.74) is 1.83. The minimum Gasteiger partial charge on any atom is -0.405 e. The third-order valence-corrected chi connectivity index (χ3v) is 4.77. The van der Waals surface area contributed by atoms with Crippen molar-refractivity contribution in [3.63, 3.8) is 0 Å². The van der Waals surface area contributed by atoms with Crippen molar-refractivity contribution in [1.82, 2.24) is 14.9 Å². The average Bonchev–Trinajstić information content (AvgIpc) is 2.54. The number of ether oxygens (including phenoxy) is 1. The van der Waals surface area contributed by atoms with Crippen LogP contribution >= 0.6 is 0 Å². The molecule has 0 aliphatic carbocycles. The second kappa shape index (κ2) is 6.84. The van der Waals surface area contributed by atoms with E-state index in [-0.39, 0.29) is 17.5 Å². The van der Waals surface area contributed by atoms with Crippen LogP contribution in [0.1, 0.15) is 16.8 Å². The van der Waals surface area contributed by atoms with Gasteiger partial charge in [-0.3, -0.25) is 4.90 Å². The van der Waals surface area contributed by atoms with Crippen LogP contribution in [0.4, 0.5) is 13.2 Å². The van der Waals surface area contributed by atoms with Gasteiger partial charge in [0.15, 0.2) is 0 Å². The molecule has 0 amide bonds. The van der Waals surface area contributed by atoms with Gasteiger partial charge in [0.05, 0.1) is 5.69 Å². The number of fused-ring (bicyclic) bond motifs is 1. The van der Waals surface area contributed by atoms with Crippen molar-refractivity contribution in [2.75, 3.05) is 12.8 Å². The van der Waals surface area contributed by atoms with Gasteiger partial charge in [-0.05, 0) is 6.07 Å². The zero-order valence-corrected chi connectivity index (χ0v) is 14.6. The Morgan fingerprint density at radius 2 is 2.00 bits per heavy atom. The van der Waals surface area contributed by atoms with Crippen molar-refractivity contribution < 1.29 is 26.3 Å². The topological polar surface area (TPSA) is 72.4 Å². The number of benzene rings is 1. The van der Waals surface area contributed by atoms with Crippen LogP contribution in [-0.2, 0) is 29.3 Å². The molecule has 26 heavy (non-hydrogen) atoms. The number of sulfone groups is 1. The van der Waals surface area contributed by atoms with Crippen molar-refractivity contribution >= 4 is 9.84 Å². The zero-order valence-electron chi connectivity index (χ0n) is 13.8. The van der Waals surface area contributed by atoms with Crippen LogP contribution in [0, 0.1) is 0 Å². The summed E-state index contributed by atoms with van der Waals surface area (Å²) >= 11 is 0. The highest BCUT2D eigenvalue weighted by atomic mass is 32.2. The molecule has 0 saturated carbocycles. The number of halogens is 3. The molecule has 10 heteroatoms. The van der Waals surface area contributed by atoms with Crippen LogP contribution in [0.3, 0.4) is 0 Å². The summed E-state index contributed by atoms with van der Waals surface area (Å²) in [5, 5.41) is -0.214. The average molecular weight is 387 g/mol. The molecule has 2 heterocycles. The molecule has 2 aromatic rings. The molecule has 0 bridgehead atoms. The molecule has 0 fully saturated rings. The van der Waals surface area contributed by atoms with E-state index < -0.39 is 16.2 Å². The second-order valence-corrected chi connectivity index (χ2v) is 7.92. The van der Waals surface area contributed by atoms with Crippen LogP contribution in [-0.4, -0.2) is 42.4 Å². The zero-order chi connectivity index (χ0) is 18.9. The summed E-state index contributed by atoms with van der Waals surface area (Å²) in [6.07, 6.45) is -1.76. The van der Waals surface area contributed by atoms with E-state index in [2.05, 4.69) is 14.7 Å². The SMILES string of the molecule is CS(=O)(=O)c1ncc2c(n1)CCN(Cc1ccccc1OC(F)(F)F)C2. The maximum atomic E-state index is 12.5. The van der Waals surface area contributed by atoms with E-state index in [1.807, 2.05) is 4.90 Å². The van der Waals surface area contributed by atoms with Gasteiger partial charge in [-0.2, -0.15) is 0 Å². The molecule has 140 valence electrons. The minimum absolute atomic E-state index is 0.214. The molecular formula is C16H16F3N3O3S. The number of hydrogen-bond donors (Lipinski definition) is 0. The molecule has 0 unspecified atom stereocenters. The van der Waals surface area contributed by atoms with Crippen molar-refractivity contribution in [3.05, 3.63) is 47.3 Å². The number of rotatable bonds is 4. The Kier molecular flexibility index (Phi) is 4.89. The van der Waals surface area contributed by atoms with E-state index in [1.165, 1.54) is 18.3 Å². The highest BCUT2D eigenvalue weighted by molar-refractivity contribution is 7.90. The monoisotopic (exact) mass is 387 g/mol. The van der Waals surface area contributed by atoms with Gasteiger partial charge in [0, 0.05) is 49.6 Å². The van der Waals surface area contributed by atoms with Gasteiger partial charge in [0.2, 0.25) is 15.0 Å². The molecule has 6 nitrogen and oxygen atoms in total. The number of para-hydroxylation sites is 1. The molecule has 0 atom stereocenters. The molecule has 0 N–H and O–H groups in total. The highest BCUT2D eigenvalue weighted by Crippen LogP contribution is 2.28. The minimum atomic E-state index is -4.75. The lowest BCUT2D eigenvalue weighted by Gasteiger charge is -2.28. The van der Waals surface area contributed by atoms with Crippen LogP contribution < -0.4 is 4.74 Å². The number of alkyl halides is 3. The molecule has 1 aromatic heterocycles. The van der Waals surface area contributed by atoms with Gasteiger partial charge in [-0.25, -0.2) is 18.4 Å². The Hall–Kier alpha value is -2.20. The largest absolute Gasteiger partial charge is 0.573 e. The lowest BCUT2D eigenvalue weighted by Crippen LogP contribution is -2.31. The van der Waals surface area contributed by atoms with Crippen LogP contribution in [0.25, 0.3) is 0 Å². The fraction of sp³-hybridized carbons (Fsp3) is 0.375. The van der Waals surface area contributed by atoms with E-state index >= 15 is 0 Å². The first-order valence-electron chi connectivity index (χ1n) is 7.73. The fourth-order valence-corrected chi connectivity index (χ4v) is 3.29. The van der Waals surface area contributed by atoms with Crippen LogP contribution in [0.5, 0.6) is 5.75 Å². The third kappa shape index (κ3) is 4.50. The lowest BCUT2D eigenvalue weighted by molar-refractivity contribution is -0.275. The van der Waals surface area contributed by atoms with E-state index in [9.17, 15) is 21.6 Å². The lowest BCUT2D eigenvalue weighted by atomic mass is 10.1. The van der Waals surface area contributed by atoms with Gasteiger partial charge >= 0.3 is 6.36 Å². The van der Waals surface area contributed by atoms with Gasteiger partial charge in [0.25, 0.3) is 0 Å². The second-order valence-electron chi connectivity index (χ2n) is 6.01. The number of hydrogen-bond acceptors (Lipinski definition) is 6. The molecule has 1 aliphatic heterocycles. The number of nitrogens with zero attached hydrogens (tertiary/aromatic N) is 3. The van der Waals surface area contributed by atoms with E-state index in [4.69, 9.17) is 0 Å². The summed E-state index contributed by atoms with van der Waals surface area (Å²) in [7, 11) is -3.48. The smallest absolute Gasteiger partial charge is 0.405 e.